The molecular weight excluding hydrogens is 302 g/mol. The third-order valence-electron chi connectivity index (χ3n) is 3.68. The van der Waals surface area contributed by atoms with Gasteiger partial charge in [0.25, 0.3) is 0 Å². The lowest BCUT2D eigenvalue weighted by atomic mass is 9.80. The molecule has 22 heavy (non-hydrogen) atoms. The van der Waals surface area contributed by atoms with Gasteiger partial charge in [-0.15, -0.1) is 11.8 Å². The van der Waals surface area contributed by atoms with E-state index in [9.17, 15) is 9.59 Å². The van der Waals surface area contributed by atoms with Crippen LogP contribution in [0.1, 0.15) is 13.8 Å². The third kappa shape index (κ3) is 2.97. The van der Waals surface area contributed by atoms with Crippen LogP contribution in [0.4, 0.5) is 0 Å². The van der Waals surface area contributed by atoms with Crippen molar-refractivity contribution in [1.82, 2.24) is 5.32 Å². The number of methoxy groups -OCH3 is 2. The molecule has 0 aromatic rings. The smallest absolute Gasteiger partial charge is 0.336 e. The Kier molecular flexibility index (Phi) is 5.13. The van der Waals surface area contributed by atoms with Gasteiger partial charge in [0, 0.05) is 17.1 Å². The molecule has 0 radical (unpaired) electrons. The van der Waals surface area contributed by atoms with E-state index in [1.54, 1.807) is 25.6 Å². The lowest BCUT2D eigenvalue weighted by molar-refractivity contribution is -0.137. The first kappa shape index (κ1) is 16.4. The number of carbonyl (C=O) groups is 2. The number of thioether (sulfide) groups is 1. The molecule has 0 atom stereocenters. The summed E-state index contributed by atoms with van der Waals surface area (Å²) >= 11 is 1.66. The zero-order chi connectivity index (χ0) is 16.3. The highest BCUT2D eigenvalue weighted by Gasteiger charge is 2.38. The zero-order valence-electron chi connectivity index (χ0n) is 13.1. The summed E-state index contributed by atoms with van der Waals surface area (Å²) in [5, 5.41) is 5.04. The minimum absolute atomic E-state index is 0.441. The van der Waals surface area contributed by atoms with Gasteiger partial charge in [-0.2, -0.15) is 0 Å². The van der Waals surface area contributed by atoms with Crippen LogP contribution < -0.4 is 5.32 Å². The summed E-state index contributed by atoms with van der Waals surface area (Å²) in [5.74, 6) is -0.567. The Morgan fingerprint density at radius 2 is 1.68 bits per heavy atom. The number of carbonyl (C=O) groups excluding carboxylic acids is 2. The lowest BCUT2D eigenvalue weighted by Crippen LogP contribution is -2.34. The fourth-order valence-electron chi connectivity index (χ4n) is 2.70. The van der Waals surface area contributed by atoms with E-state index in [1.165, 1.54) is 14.2 Å². The Morgan fingerprint density at radius 1 is 1.14 bits per heavy atom. The molecule has 2 aliphatic heterocycles. The van der Waals surface area contributed by atoms with E-state index in [4.69, 9.17) is 9.47 Å². The van der Waals surface area contributed by atoms with E-state index in [-0.39, 0.29) is 0 Å². The molecule has 0 aliphatic carbocycles. The van der Waals surface area contributed by atoms with E-state index in [0.29, 0.717) is 22.5 Å². The lowest BCUT2D eigenvalue weighted by Gasteiger charge is -2.31. The van der Waals surface area contributed by atoms with Gasteiger partial charge in [-0.3, -0.25) is 0 Å². The van der Waals surface area contributed by atoms with Crippen molar-refractivity contribution in [3.63, 3.8) is 0 Å². The predicted molar refractivity (Wildman–Crippen MR) is 85.7 cm³/mol. The SMILES string of the molecule is COC(=O)C1=C(C)NC(C)=C(C(=O)OC)C1C1=CCSC=C1. The molecule has 0 saturated carbocycles. The van der Waals surface area contributed by atoms with E-state index in [1.807, 2.05) is 17.6 Å². The number of nitrogens with one attached hydrogen (secondary N) is 1. The van der Waals surface area contributed by atoms with Gasteiger partial charge in [0.2, 0.25) is 0 Å². The van der Waals surface area contributed by atoms with Gasteiger partial charge in [-0.05, 0) is 24.8 Å². The molecule has 5 nitrogen and oxygen atoms in total. The van der Waals surface area contributed by atoms with Crippen molar-refractivity contribution in [3.8, 4) is 0 Å². The minimum Gasteiger partial charge on any atom is -0.466 e. The first-order valence-corrected chi connectivity index (χ1v) is 7.89. The number of dihydropyridines is 1. The number of hydrogen-bond acceptors (Lipinski definition) is 6. The summed E-state index contributed by atoms with van der Waals surface area (Å²) in [4.78, 5) is 24.5. The molecule has 0 spiro atoms. The molecule has 0 fully saturated rings. The molecule has 0 saturated heterocycles. The maximum Gasteiger partial charge on any atom is 0.336 e. The van der Waals surface area contributed by atoms with Gasteiger partial charge < -0.3 is 14.8 Å². The highest BCUT2D eigenvalue weighted by atomic mass is 32.2. The van der Waals surface area contributed by atoms with Gasteiger partial charge in [0.15, 0.2) is 0 Å². The van der Waals surface area contributed by atoms with Gasteiger partial charge in [-0.25, -0.2) is 9.59 Å². The summed E-state index contributed by atoms with van der Waals surface area (Å²) in [7, 11) is 2.67. The monoisotopic (exact) mass is 321 g/mol. The highest BCUT2D eigenvalue weighted by molar-refractivity contribution is 8.02. The van der Waals surface area contributed by atoms with Crippen LogP contribution in [0, 0.1) is 5.92 Å². The van der Waals surface area contributed by atoms with Crippen molar-refractivity contribution in [1.29, 1.82) is 0 Å². The van der Waals surface area contributed by atoms with Crippen LogP contribution >= 0.6 is 11.8 Å². The molecular formula is C16H19NO4S. The molecule has 1 N–H and O–H groups in total. The normalized spacial score (nSPS) is 18.8. The van der Waals surface area contributed by atoms with Gasteiger partial charge in [0.05, 0.1) is 31.3 Å². The summed E-state index contributed by atoms with van der Waals surface area (Å²) in [5.41, 5.74) is 3.16. The molecule has 0 unspecified atom stereocenters. The Bertz CT molecular complexity index is 590. The quantitative estimate of drug-likeness (QED) is 0.805. The second-order valence-corrected chi connectivity index (χ2v) is 5.90. The molecule has 0 bridgehead atoms. The third-order valence-corrected chi connectivity index (χ3v) is 4.36. The Morgan fingerprint density at radius 3 is 2.09 bits per heavy atom. The number of rotatable bonds is 3. The molecule has 0 aromatic carbocycles. The molecule has 2 aliphatic rings. The summed E-state index contributed by atoms with van der Waals surface area (Å²) in [6.07, 6.45) is 3.95. The average Bonchev–Trinajstić information content (AvgIpc) is 2.53. The molecule has 118 valence electrons. The predicted octanol–water partition coefficient (Wildman–Crippen LogP) is 2.29. The number of esters is 2. The zero-order valence-corrected chi connectivity index (χ0v) is 13.9. The van der Waals surface area contributed by atoms with Crippen LogP contribution in [0.25, 0.3) is 0 Å². The fourth-order valence-corrected chi connectivity index (χ4v) is 3.35. The van der Waals surface area contributed by atoms with Crippen LogP contribution in [-0.4, -0.2) is 31.9 Å². The average molecular weight is 321 g/mol. The molecule has 0 aromatic heterocycles. The first-order valence-electron chi connectivity index (χ1n) is 6.84. The van der Waals surface area contributed by atoms with Crippen LogP contribution in [0.15, 0.2) is 45.7 Å². The largest absolute Gasteiger partial charge is 0.466 e. The summed E-state index contributed by atoms with van der Waals surface area (Å²) in [6.45, 7) is 3.61. The van der Waals surface area contributed by atoms with Crippen molar-refractivity contribution in [3.05, 3.63) is 45.7 Å². The van der Waals surface area contributed by atoms with Gasteiger partial charge in [0.1, 0.15) is 0 Å². The Hall–Kier alpha value is -1.95. The standard InChI is InChI=1S/C16H19NO4S/c1-9-12(15(18)20-3)14(11-5-7-22-8-6-11)13(10(2)17-9)16(19)21-4/h5-7,14,17H,8H2,1-4H3. The van der Waals surface area contributed by atoms with Crippen LogP contribution in [0.5, 0.6) is 0 Å². The summed E-state index contributed by atoms with van der Waals surface area (Å²) in [6, 6.07) is 0. The van der Waals surface area contributed by atoms with Crippen LogP contribution in [0.2, 0.25) is 0 Å². The minimum atomic E-state index is -0.474. The second kappa shape index (κ2) is 6.87. The number of ether oxygens (including phenoxy) is 2. The van der Waals surface area contributed by atoms with E-state index in [0.717, 1.165) is 11.3 Å². The number of hydrogen-bond donors (Lipinski definition) is 1. The van der Waals surface area contributed by atoms with Crippen molar-refractivity contribution in [2.45, 2.75) is 13.8 Å². The van der Waals surface area contributed by atoms with Crippen LogP contribution in [0.3, 0.4) is 0 Å². The van der Waals surface area contributed by atoms with Crippen LogP contribution in [-0.2, 0) is 19.1 Å². The maximum absolute atomic E-state index is 12.2. The highest BCUT2D eigenvalue weighted by Crippen LogP contribution is 2.38. The maximum atomic E-state index is 12.2. The molecule has 2 rings (SSSR count). The topological polar surface area (TPSA) is 64.6 Å². The first-order chi connectivity index (χ1) is 10.5. The van der Waals surface area contributed by atoms with Gasteiger partial charge in [-0.1, -0.05) is 12.2 Å². The fraction of sp³-hybridized carbons (Fsp3) is 0.375. The van der Waals surface area contributed by atoms with E-state index >= 15 is 0 Å². The molecule has 0 amide bonds. The molecule has 6 heteroatoms. The van der Waals surface area contributed by atoms with Crippen molar-refractivity contribution < 1.29 is 19.1 Å². The van der Waals surface area contributed by atoms with E-state index < -0.39 is 17.9 Å². The Labute approximate surface area is 134 Å². The van der Waals surface area contributed by atoms with Crippen molar-refractivity contribution in [2.24, 2.45) is 5.92 Å². The molecule has 2 heterocycles. The number of allylic oxidation sites excluding steroid dienone is 4. The second-order valence-electron chi connectivity index (χ2n) is 4.96. The van der Waals surface area contributed by atoms with E-state index in [2.05, 4.69) is 5.32 Å². The Balaban J connectivity index is 2.60. The van der Waals surface area contributed by atoms with Crippen molar-refractivity contribution in [2.75, 3.05) is 20.0 Å². The summed E-state index contributed by atoms with van der Waals surface area (Å²) < 4.78 is 9.82. The van der Waals surface area contributed by atoms with Crippen molar-refractivity contribution >= 4 is 23.7 Å². The van der Waals surface area contributed by atoms with Gasteiger partial charge >= 0.3 is 11.9 Å².